The zero-order chi connectivity index (χ0) is 21.5. The van der Waals surface area contributed by atoms with Gasteiger partial charge in [-0.05, 0) is 50.8 Å². The minimum absolute atomic E-state index is 0. The van der Waals surface area contributed by atoms with Gasteiger partial charge in [-0.2, -0.15) is 0 Å². The highest BCUT2D eigenvalue weighted by atomic mass is 35.5. The summed E-state index contributed by atoms with van der Waals surface area (Å²) < 4.78 is 12.2. The standard InChI is InChI=1S/C23H29N3O3S.ClH/c1-5-6-15-29-18-10-7-9-17(16-18)22(27)26(14-13-25(2)3)23-24-21-19(28-4)11-8-12-20(21)30-23;/h7-12,16H,5-6,13-15H2,1-4H3;1H. The molecule has 0 aliphatic rings. The van der Waals surface area contributed by atoms with Crippen LogP contribution in [0.5, 0.6) is 11.5 Å². The Morgan fingerprint density at radius 2 is 1.90 bits per heavy atom. The number of halogens is 1. The lowest BCUT2D eigenvalue weighted by Gasteiger charge is -2.22. The number of amides is 1. The zero-order valence-electron chi connectivity index (χ0n) is 18.5. The van der Waals surface area contributed by atoms with Gasteiger partial charge in [0.05, 0.1) is 18.4 Å². The van der Waals surface area contributed by atoms with E-state index in [1.807, 2.05) is 56.6 Å². The molecule has 0 N–H and O–H groups in total. The van der Waals surface area contributed by atoms with Crippen molar-refractivity contribution in [2.75, 3.05) is 45.8 Å². The highest BCUT2D eigenvalue weighted by Gasteiger charge is 2.22. The summed E-state index contributed by atoms with van der Waals surface area (Å²) in [5.74, 6) is 1.34. The highest BCUT2D eigenvalue weighted by Crippen LogP contribution is 2.34. The SMILES string of the molecule is CCCCOc1cccc(C(=O)N(CCN(C)C)c2nc3c(OC)cccc3s2)c1.Cl. The van der Waals surface area contributed by atoms with Gasteiger partial charge < -0.3 is 14.4 Å². The molecule has 0 fully saturated rings. The van der Waals surface area contributed by atoms with Crippen LogP contribution in [-0.2, 0) is 0 Å². The largest absolute Gasteiger partial charge is 0.494 e. The van der Waals surface area contributed by atoms with Crippen LogP contribution >= 0.6 is 23.7 Å². The molecule has 0 bridgehead atoms. The van der Waals surface area contributed by atoms with E-state index >= 15 is 0 Å². The van der Waals surface area contributed by atoms with Crippen molar-refractivity contribution in [1.29, 1.82) is 0 Å². The third-order valence-corrected chi connectivity index (χ3v) is 5.73. The second kappa shape index (κ2) is 11.9. The Morgan fingerprint density at radius 1 is 1.13 bits per heavy atom. The molecule has 0 saturated heterocycles. The second-order valence-corrected chi connectivity index (χ2v) is 8.30. The zero-order valence-corrected chi connectivity index (χ0v) is 20.1. The number of likely N-dealkylation sites (N-methyl/N-ethyl adjacent to an activating group) is 1. The van der Waals surface area contributed by atoms with E-state index in [1.165, 1.54) is 11.3 Å². The van der Waals surface area contributed by atoms with Crippen molar-refractivity contribution < 1.29 is 14.3 Å². The maximum absolute atomic E-state index is 13.5. The highest BCUT2D eigenvalue weighted by molar-refractivity contribution is 7.22. The molecule has 3 rings (SSSR count). The van der Waals surface area contributed by atoms with Crippen LogP contribution in [0.1, 0.15) is 30.1 Å². The van der Waals surface area contributed by atoms with Gasteiger partial charge in [0.2, 0.25) is 0 Å². The van der Waals surface area contributed by atoms with E-state index in [1.54, 1.807) is 12.0 Å². The van der Waals surface area contributed by atoms with Crippen LogP contribution in [0.4, 0.5) is 5.13 Å². The molecule has 1 heterocycles. The van der Waals surface area contributed by atoms with Crippen LogP contribution in [-0.4, -0.2) is 56.7 Å². The Morgan fingerprint density at radius 3 is 2.61 bits per heavy atom. The van der Waals surface area contributed by atoms with Crippen molar-refractivity contribution in [3.8, 4) is 11.5 Å². The quantitative estimate of drug-likeness (QED) is 0.391. The number of benzene rings is 2. The number of ether oxygens (including phenoxy) is 2. The third kappa shape index (κ3) is 6.32. The normalized spacial score (nSPS) is 10.7. The van der Waals surface area contributed by atoms with Gasteiger partial charge in [-0.3, -0.25) is 9.69 Å². The van der Waals surface area contributed by atoms with Gasteiger partial charge >= 0.3 is 0 Å². The first kappa shape index (κ1) is 24.9. The van der Waals surface area contributed by atoms with Crippen LogP contribution in [0.15, 0.2) is 42.5 Å². The molecular formula is C23H30ClN3O3S. The number of carbonyl (C=O) groups excluding carboxylic acids is 1. The van der Waals surface area contributed by atoms with Gasteiger partial charge in [-0.1, -0.05) is 36.8 Å². The van der Waals surface area contributed by atoms with E-state index in [4.69, 9.17) is 14.5 Å². The number of anilines is 1. The lowest BCUT2D eigenvalue weighted by Crippen LogP contribution is -2.36. The molecule has 0 aliphatic heterocycles. The molecule has 0 unspecified atom stereocenters. The van der Waals surface area contributed by atoms with Crippen molar-refractivity contribution in [3.05, 3.63) is 48.0 Å². The number of unbranched alkanes of at least 4 members (excludes halogenated alkanes) is 1. The lowest BCUT2D eigenvalue weighted by molar-refractivity contribution is 0.0984. The summed E-state index contributed by atoms with van der Waals surface area (Å²) in [4.78, 5) is 22.0. The molecule has 0 aliphatic carbocycles. The molecule has 1 aromatic heterocycles. The molecule has 8 heteroatoms. The van der Waals surface area contributed by atoms with E-state index in [0.29, 0.717) is 35.3 Å². The lowest BCUT2D eigenvalue weighted by atomic mass is 10.2. The van der Waals surface area contributed by atoms with Gasteiger partial charge in [0.1, 0.15) is 17.0 Å². The van der Waals surface area contributed by atoms with Crippen molar-refractivity contribution in [3.63, 3.8) is 0 Å². The summed E-state index contributed by atoms with van der Waals surface area (Å²) in [5.41, 5.74) is 1.37. The number of rotatable bonds is 10. The first-order valence-corrected chi connectivity index (χ1v) is 11.0. The average molecular weight is 464 g/mol. The van der Waals surface area contributed by atoms with E-state index in [9.17, 15) is 4.79 Å². The Hall–Kier alpha value is -2.35. The van der Waals surface area contributed by atoms with Crippen molar-refractivity contribution in [1.82, 2.24) is 9.88 Å². The minimum Gasteiger partial charge on any atom is -0.494 e. The van der Waals surface area contributed by atoms with E-state index in [2.05, 4.69) is 11.8 Å². The van der Waals surface area contributed by atoms with Crippen LogP contribution in [0, 0.1) is 0 Å². The van der Waals surface area contributed by atoms with E-state index in [-0.39, 0.29) is 18.3 Å². The number of aromatic nitrogens is 1. The average Bonchev–Trinajstić information content (AvgIpc) is 3.18. The molecule has 0 spiro atoms. The fraction of sp³-hybridized carbons (Fsp3) is 0.391. The van der Waals surface area contributed by atoms with Gasteiger partial charge in [0.15, 0.2) is 5.13 Å². The van der Waals surface area contributed by atoms with Gasteiger partial charge in [0.25, 0.3) is 5.91 Å². The molecular weight excluding hydrogens is 434 g/mol. The molecule has 2 aromatic carbocycles. The smallest absolute Gasteiger partial charge is 0.260 e. The maximum Gasteiger partial charge on any atom is 0.260 e. The summed E-state index contributed by atoms with van der Waals surface area (Å²) in [6.45, 7) is 4.04. The number of thiazole rings is 1. The minimum atomic E-state index is -0.0872. The first-order chi connectivity index (χ1) is 14.5. The van der Waals surface area contributed by atoms with Crippen LogP contribution in [0.2, 0.25) is 0 Å². The summed E-state index contributed by atoms with van der Waals surface area (Å²) in [5, 5.41) is 0.665. The van der Waals surface area contributed by atoms with Crippen molar-refractivity contribution in [2.24, 2.45) is 0 Å². The Labute approximate surface area is 194 Å². The van der Waals surface area contributed by atoms with Crippen molar-refractivity contribution >= 4 is 45.0 Å². The van der Waals surface area contributed by atoms with Gasteiger partial charge in [-0.25, -0.2) is 4.98 Å². The second-order valence-electron chi connectivity index (χ2n) is 7.29. The Kier molecular flexibility index (Phi) is 9.55. The summed E-state index contributed by atoms with van der Waals surface area (Å²) >= 11 is 1.49. The molecule has 0 atom stereocenters. The molecule has 6 nitrogen and oxygen atoms in total. The number of fused-ring (bicyclic) bond motifs is 1. The summed E-state index contributed by atoms with van der Waals surface area (Å²) in [6.07, 6.45) is 2.05. The molecule has 3 aromatic rings. The molecule has 1 amide bonds. The number of hydrogen-bond acceptors (Lipinski definition) is 6. The third-order valence-electron chi connectivity index (χ3n) is 4.69. The Bertz CT molecular complexity index is 993. The van der Waals surface area contributed by atoms with Gasteiger partial charge in [0, 0.05) is 18.7 Å². The summed E-state index contributed by atoms with van der Waals surface area (Å²) in [6, 6.07) is 13.2. The summed E-state index contributed by atoms with van der Waals surface area (Å²) in [7, 11) is 5.62. The fourth-order valence-electron chi connectivity index (χ4n) is 2.98. The number of hydrogen-bond donors (Lipinski definition) is 0. The van der Waals surface area contributed by atoms with Crippen LogP contribution in [0.3, 0.4) is 0 Å². The number of methoxy groups -OCH3 is 1. The Balaban J connectivity index is 0.00000341. The maximum atomic E-state index is 13.5. The van der Waals surface area contributed by atoms with E-state index < -0.39 is 0 Å². The van der Waals surface area contributed by atoms with Gasteiger partial charge in [-0.15, -0.1) is 12.4 Å². The number of para-hydroxylation sites is 1. The van der Waals surface area contributed by atoms with Crippen molar-refractivity contribution in [2.45, 2.75) is 19.8 Å². The predicted octanol–water partition coefficient (Wildman–Crippen LogP) is 5.11. The number of carbonyl (C=O) groups is 1. The molecule has 31 heavy (non-hydrogen) atoms. The first-order valence-electron chi connectivity index (χ1n) is 10.2. The molecule has 168 valence electrons. The monoisotopic (exact) mass is 463 g/mol. The van der Waals surface area contributed by atoms with E-state index in [0.717, 1.165) is 29.6 Å². The van der Waals surface area contributed by atoms with Crippen LogP contribution in [0.25, 0.3) is 10.2 Å². The fourth-order valence-corrected chi connectivity index (χ4v) is 3.99. The molecule has 0 radical (unpaired) electrons. The molecule has 0 saturated carbocycles. The topological polar surface area (TPSA) is 54.9 Å². The number of nitrogens with zero attached hydrogens (tertiary/aromatic N) is 3. The van der Waals surface area contributed by atoms with Crippen LogP contribution < -0.4 is 14.4 Å². The predicted molar refractivity (Wildman–Crippen MR) is 130 cm³/mol.